The minimum atomic E-state index is -0.212. The highest BCUT2D eigenvalue weighted by Crippen LogP contribution is 2.40. The van der Waals surface area contributed by atoms with Crippen molar-refractivity contribution in [3.05, 3.63) is 59.2 Å². The van der Waals surface area contributed by atoms with Crippen molar-refractivity contribution in [2.45, 2.75) is 111 Å². The molecule has 0 aliphatic carbocycles. The average Bonchev–Trinajstić information content (AvgIpc) is 2.75. The van der Waals surface area contributed by atoms with E-state index in [0.717, 1.165) is 36.0 Å². The average molecular weight is 467 g/mol. The molecule has 0 amide bonds. The lowest BCUT2D eigenvalue weighted by atomic mass is 9.77. The first-order chi connectivity index (χ1) is 15.9. The van der Waals surface area contributed by atoms with Gasteiger partial charge in [-0.1, -0.05) is 117 Å². The molecule has 0 saturated heterocycles. The van der Waals surface area contributed by atoms with Crippen molar-refractivity contribution in [3.8, 4) is 11.5 Å². The smallest absolute Gasteiger partial charge is 0.314 e. The van der Waals surface area contributed by atoms with Crippen molar-refractivity contribution < 1.29 is 14.6 Å². The maximum absolute atomic E-state index is 13.2. The van der Waals surface area contributed by atoms with Crippen LogP contribution in [0.15, 0.2) is 42.5 Å². The molecule has 1 atom stereocenters. The number of ether oxygens (including phenoxy) is 1. The van der Waals surface area contributed by atoms with E-state index >= 15 is 0 Å². The van der Waals surface area contributed by atoms with E-state index in [0.29, 0.717) is 17.9 Å². The zero-order chi connectivity index (χ0) is 25.4. The molecular weight excluding hydrogens is 420 g/mol. The van der Waals surface area contributed by atoms with Crippen LogP contribution in [0.3, 0.4) is 0 Å². The summed E-state index contributed by atoms with van der Waals surface area (Å²) in [6.07, 6.45) is 8.59. The molecule has 3 heteroatoms. The zero-order valence-electron chi connectivity index (χ0n) is 22.5. The Labute approximate surface area is 207 Å². The van der Waals surface area contributed by atoms with Gasteiger partial charge in [-0.3, -0.25) is 4.79 Å². The Kier molecular flexibility index (Phi) is 10.2. The van der Waals surface area contributed by atoms with Crippen LogP contribution in [-0.4, -0.2) is 11.1 Å². The van der Waals surface area contributed by atoms with Gasteiger partial charge in [0.1, 0.15) is 11.5 Å². The van der Waals surface area contributed by atoms with Gasteiger partial charge in [0, 0.05) is 0 Å². The van der Waals surface area contributed by atoms with Crippen molar-refractivity contribution in [1.82, 2.24) is 0 Å². The van der Waals surface area contributed by atoms with Crippen LogP contribution in [0.4, 0.5) is 0 Å². The molecule has 0 aliphatic heterocycles. The van der Waals surface area contributed by atoms with Gasteiger partial charge in [0.05, 0.1) is 5.92 Å². The van der Waals surface area contributed by atoms with Crippen LogP contribution in [0.25, 0.3) is 0 Å². The fraction of sp³-hybridized carbons (Fsp3) is 0.581. The van der Waals surface area contributed by atoms with E-state index in [1.165, 1.54) is 25.7 Å². The summed E-state index contributed by atoms with van der Waals surface area (Å²) < 4.78 is 5.77. The number of hydrogen-bond acceptors (Lipinski definition) is 3. The van der Waals surface area contributed by atoms with Crippen molar-refractivity contribution in [2.24, 2.45) is 5.92 Å². The first-order valence-corrected chi connectivity index (χ1v) is 13.1. The van der Waals surface area contributed by atoms with Gasteiger partial charge in [0.15, 0.2) is 0 Å². The lowest BCUT2D eigenvalue weighted by molar-refractivity contribution is -0.139. The lowest BCUT2D eigenvalue weighted by Gasteiger charge is -2.29. The topological polar surface area (TPSA) is 46.5 Å². The number of benzene rings is 2. The van der Waals surface area contributed by atoms with E-state index < -0.39 is 0 Å². The van der Waals surface area contributed by atoms with Crippen molar-refractivity contribution in [3.63, 3.8) is 0 Å². The summed E-state index contributed by atoms with van der Waals surface area (Å²) in [4.78, 5) is 13.2. The molecule has 34 heavy (non-hydrogen) atoms. The summed E-state index contributed by atoms with van der Waals surface area (Å²) >= 11 is 0. The summed E-state index contributed by atoms with van der Waals surface area (Å²) in [5.74, 6) is 0.596. The molecular formula is C31H46O3. The molecule has 0 bridgehead atoms. The summed E-state index contributed by atoms with van der Waals surface area (Å²) in [7, 11) is 0. The maximum atomic E-state index is 13.2. The van der Waals surface area contributed by atoms with Gasteiger partial charge in [0.25, 0.3) is 0 Å². The first kappa shape index (κ1) is 28.0. The Morgan fingerprint density at radius 2 is 1.38 bits per heavy atom. The minimum absolute atomic E-state index is 0.164. The van der Waals surface area contributed by atoms with Gasteiger partial charge in [-0.2, -0.15) is 0 Å². The van der Waals surface area contributed by atoms with E-state index in [2.05, 4.69) is 60.6 Å². The molecule has 1 N–H and O–H groups in total. The number of esters is 1. The van der Waals surface area contributed by atoms with Gasteiger partial charge >= 0.3 is 5.97 Å². The molecule has 3 nitrogen and oxygen atoms in total. The molecule has 2 rings (SSSR count). The normalized spacial score (nSPS) is 13.0. The maximum Gasteiger partial charge on any atom is 0.314 e. The van der Waals surface area contributed by atoms with Gasteiger partial charge < -0.3 is 9.84 Å². The van der Waals surface area contributed by atoms with E-state index in [-0.39, 0.29) is 22.7 Å². The molecule has 0 saturated carbocycles. The number of carbonyl (C=O) groups excluding carboxylic acids is 1. The number of phenolic OH excluding ortho intramolecular Hbond substituents is 1. The minimum Gasteiger partial charge on any atom is -0.507 e. The number of hydrogen-bond donors (Lipinski definition) is 1. The molecule has 0 aromatic heterocycles. The Morgan fingerprint density at radius 3 is 1.91 bits per heavy atom. The Balaban J connectivity index is 2.30. The van der Waals surface area contributed by atoms with E-state index in [4.69, 9.17) is 4.74 Å². The highest BCUT2D eigenvalue weighted by molar-refractivity contribution is 5.75. The predicted octanol–water partition coefficient (Wildman–Crippen LogP) is 8.50. The van der Waals surface area contributed by atoms with Crippen LogP contribution >= 0.6 is 0 Å². The molecule has 0 heterocycles. The molecule has 2 aromatic carbocycles. The third-order valence-corrected chi connectivity index (χ3v) is 6.47. The third kappa shape index (κ3) is 8.49. The highest BCUT2D eigenvalue weighted by Gasteiger charge is 2.28. The van der Waals surface area contributed by atoms with E-state index in [9.17, 15) is 9.90 Å². The summed E-state index contributed by atoms with van der Waals surface area (Å²) in [5.41, 5.74) is 2.57. The molecule has 2 aromatic rings. The van der Waals surface area contributed by atoms with Crippen LogP contribution in [0.2, 0.25) is 0 Å². The van der Waals surface area contributed by atoms with Crippen molar-refractivity contribution in [1.29, 1.82) is 0 Å². The van der Waals surface area contributed by atoms with E-state index in [1.54, 1.807) is 0 Å². The number of unbranched alkanes of at least 4 members (excludes halogenated alkanes) is 5. The van der Waals surface area contributed by atoms with Gasteiger partial charge in [-0.15, -0.1) is 0 Å². The molecule has 1 unspecified atom stereocenters. The second-order valence-corrected chi connectivity index (χ2v) is 11.7. The summed E-state index contributed by atoms with van der Waals surface area (Å²) in [5, 5.41) is 11.1. The predicted molar refractivity (Wildman–Crippen MR) is 143 cm³/mol. The van der Waals surface area contributed by atoms with Gasteiger partial charge in [0.2, 0.25) is 0 Å². The number of aromatic hydroxyl groups is 1. The Hall–Kier alpha value is -2.29. The molecule has 0 radical (unpaired) electrons. The SMILES string of the molecule is CCCCCCCCC(Cc1cc(C(C)(C)C)c(O)c(C(C)(C)C)c1)C(=O)Oc1ccccc1. The monoisotopic (exact) mass is 466 g/mol. The fourth-order valence-electron chi connectivity index (χ4n) is 4.40. The summed E-state index contributed by atoms with van der Waals surface area (Å²) in [6, 6.07) is 13.5. The largest absolute Gasteiger partial charge is 0.507 e. The Morgan fingerprint density at radius 1 is 0.853 bits per heavy atom. The van der Waals surface area contributed by atoms with Gasteiger partial charge in [-0.25, -0.2) is 0 Å². The number of rotatable bonds is 11. The van der Waals surface area contributed by atoms with E-state index in [1.807, 2.05) is 30.3 Å². The fourth-order valence-corrected chi connectivity index (χ4v) is 4.40. The number of phenols is 1. The molecule has 188 valence electrons. The second kappa shape index (κ2) is 12.4. The first-order valence-electron chi connectivity index (χ1n) is 13.1. The second-order valence-electron chi connectivity index (χ2n) is 11.7. The standard InChI is InChI=1S/C31H46O3/c1-8-9-10-11-12-14-17-24(29(33)34-25-18-15-13-16-19-25)20-23-21-26(30(2,3)4)28(32)27(22-23)31(5,6)7/h13,15-16,18-19,21-22,24,32H,8-12,14,17,20H2,1-7H3. The quantitative estimate of drug-likeness (QED) is 0.205. The third-order valence-electron chi connectivity index (χ3n) is 6.47. The van der Waals surface area contributed by atoms with Crippen LogP contribution in [0, 0.1) is 5.92 Å². The number of para-hydroxylation sites is 1. The summed E-state index contributed by atoms with van der Waals surface area (Å²) in [6.45, 7) is 15.0. The van der Waals surface area contributed by atoms with Crippen LogP contribution in [-0.2, 0) is 22.0 Å². The molecule has 0 aliphatic rings. The molecule has 0 spiro atoms. The number of carbonyl (C=O) groups is 1. The lowest BCUT2D eigenvalue weighted by Crippen LogP contribution is -2.24. The van der Waals surface area contributed by atoms with Crippen molar-refractivity contribution >= 4 is 5.97 Å². The Bertz CT molecular complexity index is 866. The zero-order valence-corrected chi connectivity index (χ0v) is 22.5. The van der Waals surface area contributed by atoms with Crippen LogP contribution < -0.4 is 4.74 Å². The van der Waals surface area contributed by atoms with Crippen molar-refractivity contribution in [2.75, 3.05) is 0 Å². The molecule has 0 fully saturated rings. The highest BCUT2D eigenvalue weighted by atomic mass is 16.5. The van der Waals surface area contributed by atoms with Gasteiger partial charge in [-0.05, 0) is 52.5 Å². The van der Waals surface area contributed by atoms with Crippen LogP contribution in [0.1, 0.15) is 110 Å². The van der Waals surface area contributed by atoms with Crippen LogP contribution in [0.5, 0.6) is 11.5 Å².